The van der Waals surface area contributed by atoms with Crippen LogP contribution in [0.1, 0.15) is 11.1 Å². The van der Waals surface area contributed by atoms with Gasteiger partial charge in [0.05, 0.1) is 4.90 Å². The summed E-state index contributed by atoms with van der Waals surface area (Å²) in [5, 5.41) is 0. The first-order chi connectivity index (χ1) is 15.3. The molecule has 3 aromatic rings. The van der Waals surface area contributed by atoms with E-state index in [4.69, 9.17) is 0 Å². The maximum Gasteiger partial charge on any atom is 0.240 e. The van der Waals surface area contributed by atoms with Gasteiger partial charge in [-0.15, -0.1) is 0 Å². The Hall–Kier alpha value is -3.04. The fraction of sp³-hybridized carbons (Fsp3) is 0.261. The van der Waals surface area contributed by atoms with E-state index in [1.807, 2.05) is 6.07 Å². The molecule has 0 amide bonds. The number of anilines is 2. The molecule has 0 bridgehead atoms. The van der Waals surface area contributed by atoms with Crippen LogP contribution in [0.4, 0.5) is 20.3 Å². The van der Waals surface area contributed by atoms with Crippen LogP contribution in [0.2, 0.25) is 0 Å². The summed E-state index contributed by atoms with van der Waals surface area (Å²) in [5.41, 5.74) is 2.13. The quantitative estimate of drug-likeness (QED) is 0.613. The highest BCUT2D eigenvalue weighted by molar-refractivity contribution is 7.89. The van der Waals surface area contributed by atoms with E-state index in [2.05, 4.69) is 19.5 Å². The molecule has 4 rings (SSSR count). The molecule has 0 aliphatic carbocycles. The van der Waals surface area contributed by atoms with Crippen molar-refractivity contribution >= 4 is 21.5 Å². The third-order valence-electron chi connectivity index (χ3n) is 5.53. The number of nitrogens with one attached hydrogen (secondary N) is 1. The summed E-state index contributed by atoms with van der Waals surface area (Å²) in [7, 11) is -3.83. The van der Waals surface area contributed by atoms with Crippen molar-refractivity contribution in [2.24, 2.45) is 0 Å². The molecule has 9 heteroatoms. The summed E-state index contributed by atoms with van der Waals surface area (Å²) < 4.78 is 54.5. The number of hydrogen-bond donors (Lipinski definition) is 1. The predicted octanol–water partition coefficient (Wildman–Crippen LogP) is 3.47. The van der Waals surface area contributed by atoms with Crippen molar-refractivity contribution in [3.63, 3.8) is 0 Å². The Labute approximate surface area is 186 Å². The molecular weight excluding hydrogens is 434 g/mol. The van der Waals surface area contributed by atoms with Crippen molar-refractivity contribution in [1.29, 1.82) is 0 Å². The third kappa shape index (κ3) is 5.05. The Morgan fingerprint density at radius 1 is 0.938 bits per heavy atom. The van der Waals surface area contributed by atoms with E-state index < -0.39 is 15.8 Å². The molecule has 1 saturated heterocycles. The molecule has 32 heavy (non-hydrogen) atoms. The van der Waals surface area contributed by atoms with Crippen molar-refractivity contribution < 1.29 is 17.2 Å². The van der Waals surface area contributed by atoms with E-state index >= 15 is 0 Å². The SMILES string of the molecule is Cc1ccc(S(=O)(=O)NCc2ccnc(N3CCN(c4ccc(F)cc4)CC3)c2)cc1F. The van der Waals surface area contributed by atoms with Gasteiger partial charge in [0.15, 0.2) is 0 Å². The van der Waals surface area contributed by atoms with E-state index in [0.29, 0.717) is 5.56 Å². The standard InChI is InChI=1S/C23H24F2N4O2S/c1-17-2-7-21(15-22(17)25)32(30,31)27-16-18-8-9-26-23(14-18)29-12-10-28(11-13-29)20-5-3-19(24)4-6-20/h2-9,14-15,27H,10-13,16H2,1H3. The van der Waals surface area contributed by atoms with E-state index in [-0.39, 0.29) is 17.3 Å². The summed E-state index contributed by atoms with van der Waals surface area (Å²) in [4.78, 5) is 8.64. The van der Waals surface area contributed by atoms with E-state index in [1.165, 1.54) is 24.3 Å². The van der Waals surface area contributed by atoms with Crippen molar-refractivity contribution in [3.8, 4) is 0 Å². The lowest BCUT2D eigenvalue weighted by Gasteiger charge is -2.36. The molecule has 0 radical (unpaired) electrons. The Morgan fingerprint density at radius 3 is 2.31 bits per heavy atom. The molecule has 1 aliphatic rings. The number of aryl methyl sites for hydroxylation is 1. The largest absolute Gasteiger partial charge is 0.368 e. The van der Waals surface area contributed by atoms with E-state index in [9.17, 15) is 17.2 Å². The number of piperazine rings is 1. The zero-order chi connectivity index (χ0) is 22.7. The molecule has 0 spiro atoms. The lowest BCUT2D eigenvalue weighted by molar-refractivity contribution is 0.576. The van der Waals surface area contributed by atoms with Gasteiger partial charge in [0.1, 0.15) is 17.5 Å². The van der Waals surface area contributed by atoms with Gasteiger partial charge in [0.25, 0.3) is 0 Å². The maximum atomic E-state index is 13.8. The summed E-state index contributed by atoms with van der Waals surface area (Å²) >= 11 is 0. The molecule has 0 saturated carbocycles. The topological polar surface area (TPSA) is 65.5 Å². The molecule has 2 heterocycles. The van der Waals surface area contributed by atoms with Gasteiger partial charge in [-0.2, -0.15) is 0 Å². The summed E-state index contributed by atoms with van der Waals surface area (Å²) in [5.74, 6) is -0.0442. The highest BCUT2D eigenvalue weighted by atomic mass is 32.2. The van der Waals surface area contributed by atoms with Crippen LogP contribution in [-0.2, 0) is 16.6 Å². The number of hydrogen-bond acceptors (Lipinski definition) is 5. The zero-order valence-electron chi connectivity index (χ0n) is 17.6. The lowest BCUT2D eigenvalue weighted by Crippen LogP contribution is -2.46. The molecule has 1 N–H and O–H groups in total. The molecule has 1 fully saturated rings. The first-order valence-electron chi connectivity index (χ1n) is 10.3. The monoisotopic (exact) mass is 458 g/mol. The first kappa shape index (κ1) is 22.2. The number of sulfonamides is 1. The normalized spacial score (nSPS) is 14.6. The number of benzene rings is 2. The van der Waals surface area contributed by atoms with Crippen molar-refractivity contribution in [3.05, 3.63) is 83.6 Å². The van der Waals surface area contributed by atoms with Crippen molar-refractivity contribution in [1.82, 2.24) is 9.71 Å². The molecule has 6 nitrogen and oxygen atoms in total. The number of nitrogens with zero attached hydrogens (tertiary/aromatic N) is 3. The molecule has 1 aliphatic heterocycles. The molecule has 0 atom stereocenters. The van der Waals surface area contributed by atoms with Crippen LogP contribution in [-0.4, -0.2) is 39.6 Å². The van der Waals surface area contributed by atoms with Gasteiger partial charge in [-0.05, 0) is 66.6 Å². The average Bonchev–Trinajstić information content (AvgIpc) is 2.80. The Bertz CT molecular complexity index is 1190. The Kier molecular flexibility index (Phi) is 6.38. The van der Waals surface area contributed by atoms with Gasteiger partial charge in [-0.1, -0.05) is 6.07 Å². The maximum absolute atomic E-state index is 13.8. The van der Waals surface area contributed by atoms with Gasteiger partial charge >= 0.3 is 0 Å². The minimum atomic E-state index is -3.83. The fourth-order valence-electron chi connectivity index (χ4n) is 3.59. The second-order valence-corrected chi connectivity index (χ2v) is 9.48. The number of halogens is 2. The second kappa shape index (κ2) is 9.22. The van der Waals surface area contributed by atoms with Crippen LogP contribution in [0.5, 0.6) is 0 Å². The smallest absolute Gasteiger partial charge is 0.240 e. The molecule has 0 unspecified atom stereocenters. The average molecular weight is 459 g/mol. The van der Waals surface area contributed by atoms with Crippen molar-refractivity contribution in [2.75, 3.05) is 36.0 Å². The minimum Gasteiger partial charge on any atom is -0.368 e. The zero-order valence-corrected chi connectivity index (χ0v) is 18.4. The van der Waals surface area contributed by atoms with Crippen LogP contribution in [0.15, 0.2) is 65.7 Å². The van der Waals surface area contributed by atoms with Gasteiger partial charge in [0, 0.05) is 44.6 Å². The summed E-state index contributed by atoms with van der Waals surface area (Å²) in [6.07, 6.45) is 1.65. The minimum absolute atomic E-state index is 0.0723. The number of pyridine rings is 1. The predicted molar refractivity (Wildman–Crippen MR) is 120 cm³/mol. The van der Waals surface area contributed by atoms with E-state index in [1.54, 1.807) is 31.3 Å². The lowest BCUT2D eigenvalue weighted by atomic mass is 10.2. The summed E-state index contributed by atoms with van der Waals surface area (Å²) in [6, 6.07) is 13.9. The van der Waals surface area contributed by atoms with Crippen LogP contribution in [0, 0.1) is 18.6 Å². The van der Waals surface area contributed by atoms with Crippen LogP contribution in [0.3, 0.4) is 0 Å². The van der Waals surface area contributed by atoms with Gasteiger partial charge in [-0.3, -0.25) is 0 Å². The number of aromatic nitrogens is 1. The van der Waals surface area contributed by atoms with Crippen molar-refractivity contribution in [2.45, 2.75) is 18.4 Å². The fourth-order valence-corrected chi connectivity index (χ4v) is 4.62. The highest BCUT2D eigenvalue weighted by Gasteiger charge is 2.19. The van der Waals surface area contributed by atoms with E-state index in [0.717, 1.165) is 49.3 Å². The summed E-state index contributed by atoms with van der Waals surface area (Å²) in [6.45, 7) is 4.66. The molecule has 168 valence electrons. The van der Waals surface area contributed by atoms with Crippen LogP contribution >= 0.6 is 0 Å². The second-order valence-electron chi connectivity index (χ2n) is 7.71. The molecular formula is C23H24F2N4O2S. The Balaban J connectivity index is 1.38. The van der Waals surface area contributed by atoms with Gasteiger partial charge in [-0.25, -0.2) is 26.9 Å². The van der Waals surface area contributed by atoms with Crippen LogP contribution < -0.4 is 14.5 Å². The number of rotatable bonds is 6. The molecule has 2 aromatic carbocycles. The Morgan fingerprint density at radius 2 is 1.62 bits per heavy atom. The van der Waals surface area contributed by atoms with Crippen LogP contribution in [0.25, 0.3) is 0 Å². The van der Waals surface area contributed by atoms with Gasteiger partial charge < -0.3 is 9.80 Å². The van der Waals surface area contributed by atoms with Gasteiger partial charge in [0.2, 0.25) is 10.0 Å². The third-order valence-corrected chi connectivity index (χ3v) is 6.92. The highest BCUT2D eigenvalue weighted by Crippen LogP contribution is 2.21. The molecule has 1 aromatic heterocycles. The first-order valence-corrected chi connectivity index (χ1v) is 11.8.